The molecule has 0 saturated heterocycles. The van der Waals surface area contributed by atoms with Gasteiger partial charge in [0, 0.05) is 5.56 Å². The smallest absolute Gasteiger partial charge is 0.328 e. The third-order valence-corrected chi connectivity index (χ3v) is 2.62. The number of amides is 1. The summed E-state index contributed by atoms with van der Waals surface area (Å²) < 4.78 is 4.55. The van der Waals surface area contributed by atoms with E-state index in [9.17, 15) is 9.59 Å². The predicted molar refractivity (Wildman–Crippen MR) is 74.1 cm³/mol. The molecule has 106 valence electrons. The van der Waals surface area contributed by atoms with Crippen LogP contribution >= 0.6 is 0 Å². The van der Waals surface area contributed by atoms with Crippen molar-refractivity contribution in [3.8, 4) is 11.8 Å². The van der Waals surface area contributed by atoms with Crippen LogP contribution in [0.4, 0.5) is 0 Å². The highest BCUT2D eigenvalue weighted by Crippen LogP contribution is 2.11. The number of rotatable bonds is 3. The Morgan fingerprint density at radius 1 is 1.45 bits per heavy atom. The van der Waals surface area contributed by atoms with E-state index >= 15 is 0 Å². The number of aliphatic hydroxyl groups excluding tert-OH is 1. The number of aliphatic hydroxyl groups is 1. The third kappa shape index (κ3) is 4.11. The first-order chi connectivity index (χ1) is 9.49. The largest absolute Gasteiger partial charge is 0.467 e. The lowest BCUT2D eigenvalue weighted by atomic mass is 10.0. The second kappa shape index (κ2) is 7.31. The molecule has 5 heteroatoms. The fourth-order valence-corrected chi connectivity index (χ4v) is 1.60. The summed E-state index contributed by atoms with van der Waals surface area (Å²) in [5.41, 5.74) is 1.76. The number of esters is 1. The Morgan fingerprint density at radius 2 is 2.15 bits per heavy atom. The molecule has 0 aliphatic carbocycles. The van der Waals surface area contributed by atoms with Crippen LogP contribution in [-0.2, 0) is 9.53 Å². The molecule has 1 aromatic carbocycles. The Bertz CT molecular complexity index is 569. The first-order valence-corrected chi connectivity index (χ1v) is 6.08. The van der Waals surface area contributed by atoms with Gasteiger partial charge in [-0.05, 0) is 26.0 Å². The number of aryl methyl sites for hydroxylation is 1. The molecule has 0 bridgehead atoms. The topological polar surface area (TPSA) is 75.6 Å². The van der Waals surface area contributed by atoms with Gasteiger partial charge < -0.3 is 15.2 Å². The third-order valence-electron chi connectivity index (χ3n) is 2.62. The molecule has 0 radical (unpaired) electrons. The van der Waals surface area contributed by atoms with E-state index in [1.807, 2.05) is 13.0 Å². The van der Waals surface area contributed by atoms with Gasteiger partial charge in [-0.15, -0.1) is 0 Å². The Balaban J connectivity index is 3.02. The van der Waals surface area contributed by atoms with Crippen LogP contribution in [0.25, 0.3) is 0 Å². The number of carbonyl (C=O) groups is 2. The zero-order valence-corrected chi connectivity index (χ0v) is 11.7. The SMILES string of the molecule is COC(=O)C(C)NC(=O)c1cc(C)ccc1C#CCO. The van der Waals surface area contributed by atoms with E-state index in [0.29, 0.717) is 11.1 Å². The summed E-state index contributed by atoms with van der Waals surface area (Å²) in [4.78, 5) is 23.5. The first kappa shape index (κ1) is 15.7. The molecule has 1 aromatic rings. The van der Waals surface area contributed by atoms with Gasteiger partial charge in [0.05, 0.1) is 12.7 Å². The van der Waals surface area contributed by atoms with Gasteiger partial charge in [-0.3, -0.25) is 4.79 Å². The number of benzene rings is 1. The molecule has 0 heterocycles. The lowest BCUT2D eigenvalue weighted by molar-refractivity contribution is -0.142. The summed E-state index contributed by atoms with van der Waals surface area (Å²) in [6, 6.07) is 4.46. The maximum absolute atomic E-state index is 12.2. The summed E-state index contributed by atoms with van der Waals surface area (Å²) in [6.07, 6.45) is 0. The van der Waals surface area contributed by atoms with Crippen molar-refractivity contribution < 1.29 is 19.4 Å². The number of ether oxygens (including phenoxy) is 1. The minimum absolute atomic E-state index is 0.284. The Morgan fingerprint density at radius 3 is 2.75 bits per heavy atom. The lowest BCUT2D eigenvalue weighted by Gasteiger charge is -2.12. The molecular formula is C15H17NO4. The highest BCUT2D eigenvalue weighted by Gasteiger charge is 2.18. The number of carbonyl (C=O) groups excluding carboxylic acids is 2. The van der Waals surface area contributed by atoms with Crippen LogP contribution in [0.3, 0.4) is 0 Å². The van der Waals surface area contributed by atoms with E-state index in [-0.39, 0.29) is 6.61 Å². The summed E-state index contributed by atoms with van der Waals surface area (Å²) in [7, 11) is 1.26. The molecule has 0 aliphatic heterocycles. The van der Waals surface area contributed by atoms with E-state index < -0.39 is 17.9 Å². The standard InChI is InChI=1S/C15H17NO4/c1-10-6-7-12(5-4-8-17)13(9-10)14(18)16-11(2)15(19)20-3/h6-7,9,11,17H,8H2,1-3H3,(H,16,18). The summed E-state index contributed by atoms with van der Waals surface area (Å²) >= 11 is 0. The van der Waals surface area contributed by atoms with E-state index in [4.69, 9.17) is 5.11 Å². The lowest BCUT2D eigenvalue weighted by Crippen LogP contribution is -2.39. The van der Waals surface area contributed by atoms with Crippen LogP contribution < -0.4 is 5.32 Å². The van der Waals surface area contributed by atoms with Crippen LogP contribution in [-0.4, -0.2) is 36.7 Å². The zero-order chi connectivity index (χ0) is 15.1. The van der Waals surface area contributed by atoms with E-state index in [0.717, 1.165) is 5.56 Å². The average Bonchev–Trinajstić information content (AvgIpc) is 2.44. The summed E-state index contributed by atoms with van der Waals surface area (Å²) in [5, 5.41) is 11.3. The minimum Gasteiger partial charge on any atom is -0.467 e. The molecule has 5 nitrogen and oxygen atoms in total. The van der Waals surface area contributed by atoms with Crippen molar-refractivity contribution in [3.63, 3.8) is 0 Å². The molecule has 1 unspecified atom stereocenters. The van der Waals surface area contributed by atoms with E-state index in [2.05, 4.69) is 21.9 Å². The molecule has 0 spiro atoms. The fraction of sp³-hybridized carbons (Fsp3) is 0.333. The number of methoxy groups -OCH3 is 1. The van der Waals surface area contributed by atoms with Crippen molar-refractivity contribution in [2.75, 3.05) is 13.7 Å². The molecule has 0 aliphatic rings. The second-order valence-corrected chi connectivity index (χ2v) is 4.23. The van der Waals surface area contributed by atoms with Gasteiger partial charge in [-0.1, -0.05) is 23.5 Å². The van der Waals surface area contributed by atoms with Gasteiger partial charge in [0.2, 0.25) is 0 Å². The van der Waals surface area contributed by atoms with Crippen molar-refractivity contribution in [1.82, 2.24) is 5.32 Å². The van der Waals surface area contributed by atoms with Gasteiger partial charge in [-0.25, -0.2) is 4.79 Å². The van der Waals surface area contributed by atoms with Crippen LogP contribution in [0.2, 0.25) is 0 Å². The van der Waals surface area contributed by atoms with Crippen LogP contribution in [0.15, 0.2) is 18.2 Å². The predicted octanol–water partition coefficient (Wildman–Crippen LogP) is 0.630. The average molecular weight is 275 g/mol. The normalized spacial score (nSPS) is 11.0. The molecular weight excluding hydrogens is 258 g/mol. The van der Waals surface area contributed by atoms with E-state index in [1.165, 1.54) is 7.11 Å². The van der Waals surface area contributed by atoms with Crippen molar-refractivity contribution in [2.45, 2.75) is 19.9 Å². The Kier molecular flexibility index (Phi) is 5.75. The molecule has 0 saturated carbocycles. The van der Waals surface area contributed by atoms with Crippen LogP contribution in [0.5, 0.6) is 0 Å². The Labute approximate surface area is 117 Å². The van der Waals surface area contributed by atoms with Crippen molar-refractivity contribution >= 4 is 11.9 Å². The quantitative estimate of drug-likeness (QED) is 0.626. The zero-order valence-electron chi connectivity index (χ0n) is 11.7. The van der Waals surface area contributed by atoms with Crippen molar-refractivity contribution in [1.29, 1.82) is 0 Å². The van der Waals surface area contributed by atoms with Gasteiger partial charge in [0.15, 0.2) is 0 Å². The number of hydrogen-bond donors (Lipinski definition) is 2. The van der Waals surface area contributed by atoms with Gasteiger partial charge in [-0.2, -0.15) is 0 Å². The maximum atomic E-state index is 12.2. The molecule has 1 amide bonds. The maximum Gasteiger partial charge on any atom is 0.328 e. The fourth-order valence-electron chi connectivity index (χ4n) is 1.60. The highest BCUT2D eigenvalue weighted by molar-refractivity contribution is 5.99. The molecule has 1 rings (SSSR count). The Hall–Kier alpha value is -2.32. The molecule has 2 N–H and O–H groups in total. The van der Waals surface area contributed by atoms with Gasteiger partial charge in [0.25, 0.3) is 5.91 Å². The molecule has 1 atom stereocenters. The second-order valence-electron chi connectivity index (χ2n) is 4.23. The van der Waals surface area contributed by atoms with Gasteiger partial charge in [0.1, 0.15) is 12.6 Å². The van der Waals surface area contributed by atoms with E-state index in [1.54, 1.807) is 19.1 Å². The monoisotopic (exact) mass is 275 g/mol. The molecule has 20 heavy (non-hydrogen) atoms. The summed E-state index contributed by atoms with van der Waals surface area (Å²) in [6.45, 7) is 3.11. The number of hydrogen-bond acceptors (Lipinski definition) is 4. The molecule has 0 fully saturated rings. The summed E-state index contributed by atoms with van der Waals surface area (Å²) in [5.74, 6) is 4.28. The first-order valence-electron chi connectivity index (χ1n) is 6.08. The number of nitrogens with one attached hydrogen (secondary N) is 1. The van der Waals surface area contributed by atoms with Crippen LogP contribution in [0.1, 0.15) is 28.4 Å². The highest BCUT2D eigenvalue weighted by atomic mass is 16.5. The minimum atomic E-state index is -0.744. The van der Waals surface area contributed by atoms with Crippen molar-refractivity contribution in [2.24, 2.45) is 0 Å². The van der Waals surface area contributed by atoms with Crippen LogP contribution in [0, 0.1) is 18.8 Å². The van der Waals surface area contributed by atoms with Crippen molar-refractivity contribution in [3.05, 3.63) is 34.9 Å². The molecule has 0 aromatic heterocycles. The van der Waals surface area contributed by atoms with Gasteiger partial charge >= 0.3 is 5.97 Å².